The van der Waals surface area contributed by atoms with Gasteiger partial charge in [0, 0.05) is 0 Å². The van der Waals surface area contributed by atoms with E-state index in [-0.39, 0.29) is 11.9 Å². The van der Waals surface area contributed by atoms with Gasteiger partial charge in [-0.25, -0.2) is 4.21 Å². The Morgan fingerprint density at radius 1 is 1.42 bits per heavy atom. The molecular weight excluding hydrogens is 198 g/mol. The summed E-state index contributed by atoms with van der Waals surface area (Å²) in [5.41, 5.74) is 0.789. The smallest absolute Gasteiger partial charge is 0.254 e. The molecule has 1 rings (SSSR count). The van der Waals surface area contributed by atoms with Gasteiger partial charge in [-0.15, -0.1) is 0 Å². The van der Waals surface area contributed by atoms with Crippen LogP contribution in [-0.4, -0.2) is 9.45 Å². The van der Waals surface area contributed by atoms with E-state index in [9.17, 15) is 9.00 Å². The van der Waals surface area contributed by atoms with Gasteiger partial charge in [0.2, 0.25) is 0 Å². The molecular formula is C7H6ClNO2S. The van der Waals surface area contributed by atoms with Gasteiger partial charge in [0.25, 0.3) is 5.24 Å². The monoisotopic (exact) mass is 203 g/mol. The molecule has 0 aliphatic heterocycles. The van der Waals surface area contributed by atoms with Crippen LogP contribution in [0, 0.1) is 0 Å². The Morgan fingerprint density at radius 2 is 2.08 bits per heavy atom. The minimum absolute atomic E-state index is 0.256. The lowest BCUT2D eigenvalue weighted by Gasteiger charge is -2.01. The van der Waals surface area contributed by atoms with Crippen molar-refractivity contribution in [3.8, 4) is 0 Å². The van der Waals surface area contributed by atoms with Crippen molar-refractivity contribution in [1.29, 1.82) is 0 Å². The summed E-state index contributed by atoms with van der Waals surface area (Å²) < 4.78 is 12.6. The third kappa shape index (κ3) is 2.06. The van der Waals surface area contributed by atoms with E-state index in [1.165, 1.54) is 0 Å². The third-order valence-corrected chi connectivity index (χ3v) is 1.84. The molecule has 0 heterocycles. The first-order valence-electron chi connectivity index (χ1n) is 3.13. The van der Waals surface area contributed by atoms with Gasteiger partial charge in [0.05, 0.1) is 11.3 Å². The summed E-state index contributed by atoms with van der Waals surface area (Å²) in [6, 6.07) is 6.59. The lowest BCUT2D eigenvalue weighted by atomic mass is 10.2. The first kappa shape index (κ1) is 9.22. The van der Waals surface area contributed by atoms with Crippen LogP contribution in [0.25, 0.3) is 0 Å². The number of anilines is 1. The summed E-state index contributed by atoms with van der Waals surface area (Å²) in [5.74, 6) is 0. The molecule has 0 unspecified atom stereocenters. The Hall–Kier alpha value is -0.870. The van der Waals surface area contributed by atoms with Crippen LogP contribution in [0.3, 0.4) is 0 Å². The number of carbonyl (C=O) groups is 1. The van der Waals surface area contributed by atoms with Gasteiger partial charge in [-0.05, 0) is 23.7 Å². The predicted octanol–water partition coefficient (Wildman–Crippen LogP) is 1.34. The molecule has 64 valence electrons. The fourth-order valence-corrected chi connectivity index (χ4v) is 1.26. The van der Waals surface area contributed by atoms with Crippen molar-refractivity contribution < 1.29 is 9.00 Å². The Labute approximate surface area is 78.4 Å². The van der Waals surface area contributed by atoms with Crippen molar-refractivity contribution in [3.05, 3.63) is 29.8 Å². The maximum atomic E-state index is 10.8. The Kier molecular flexibility index (Phi) is 3.25. The van der Waals surface area contributed by atoms with Crippen LogP contribution in [0.4, 0.5) is 5.69 Å². The number of thiol groups is 1. The largest absolute Gasteiger partial charge is 0.307 e. The fourth-order valence-electron chi connectivity index (χ4n) is 0.801. The second-order valence-electron chi connectivity index (χ2n) is 2.02. The average molecular weight is 204 g/mol. The van der Waals surface area contributed by atoms with Crippen molar-refractivity contribution >= 4 is 34.4 Å². The van der Waals surface area contributed by atoms with Gasteiger partial charge < -0.3 is 4.72 Å². The van der Waals surface area contributed by atoms with Gasteiger partial charge in [-0.2, -0.15) is 0 Å². The van der Waals surface area contributed by atoms with Crippen molar-refractivity contribution in [1.82, 2.24) is 0 Å². The summed E-state index contributed by atoms with van der Waals surface area (Å²) in [7, 11) is 0. The van der Waals surface area contributed by atoms with Gasteiger partial charge in [-0.3, -0.25) is 4.79 Å². The lowest BCUT2D eigenvalue weighted by molar-refractivity contribution is 0.108. The number of halogens is 1. The molecule has 0 aromatic heterocycles. The van der Waals surface area contributed by atoms with Gasteiger partial charge in [0.1, 0.15) is 11.9 Å². The second-order valence-corrected chi connectivity index (χ2v) is 2.77. The van der Waals surface area contributed by atoms with Crippen LogP contribution in [0.1, 0.15) is 10.4 Å². The summed E-state index contributed by atoms with van der Waals surface area (Å²) in [5, 5.41) is -0.568. The highest BCUT2D eigenvalue weighted by atomic mass is 35.5. The summed E-state index contributed by atoms with van der Waals surface area (Å²) in [4.78, 5) is 10.8. The molecule has 0 fully saturated rings. The maximum Gasteiger partial charge on any atom is 0.254 e. The number of carbonyl (C=O) groups excluding carboxylic acids is 1. The van der Waals surface area contributed by atoms with E-state index in [4.69, 9.17) is 11.6 Å². The van der Waals surface area contributed by atoms with Gasteiger partial charge in [0.15, 0.2) is 0 Å². The Morgan fingerprint density at radius 3 is 2.67 bits per heavy atom. The van der Waals surface area contributed by atoms with E-state index in [0.717, 1.165) is 0 Å². The minimum atomic E-state index is -0.568. The van der Waals surface area contributed by atoms with Crippen LogP contribution in [0.15, 0.2) is 24.3 Å². The summed E-state index contributed by atoms with van der Waals surface area (Å²) >= 11 is 5.00. The number of para-hydroxylation sites is 1. The second kappa shape index (κ2) is 4.23. The highest BCUT2D eigenvalue weighted by Gasteiger charge is 2.06. The average Bonchev–Trinajstić information content (AvgIpc) is 2.05. The number of hydrogen-bond acceptors (Lipinski definition) is 2. The van der Waals surface area contributed by atoms with E-state index in [2.05, 4.69) is 4.72 Å². The minimum Gasteiger partial charge on any atom is -0.307 e. The zero-order chi connectivity index (χ0) is 8.97. The standard InChI is InChI=1S/C7H6ClNO2S/c8-7(10)5-3-1-2-4-6(5)9-12-11/h1-4,12H,(H,9,11). The molecule has 12 heavy (non-hydrogen) atoms. The summed E-state index contributed by atoms with van der Waals surface area (Å²) in [6.45, 7) is 0. The molecule has 5 heteroatoms. The summed E-state index contributed by atoms with van der Waals surface area (Å²) in [6.07, 6.45) is 0. The number of benzene rings is 1. The van der Waals surface area contributed by atoms with E-state index in [1.54, 1.807) is 24.3 Å². The van der Waals surface area contributed by atoms with E-state index in [0.29, 0.717) is 11.3 Å². The first-order chi connectivity index (χ1) is 5.75. The van der Waals surface area contributed by atoms with Crippen LogP contribution < -0.4 is 4.72 Å². The highest BCUT2D eigenvalue weighted by Crippen LogP contribution is 2.16. The van der Waals surface area contributed by atoms with Crippen molar-refractivity contribution in [2.75, 3.05) is 4.72 Å². The molecule has 3 nitrogen and oxygen atoms in total. The molecule has 0 saturated carbocycles. The van der Waals surface area contributed by atoms with E-state index in [1.807, 2.05) is 0 Å². The third-order valence-electron chi connectivity index (χ3n) is 1.30. The Bertz CT molecular complexity index is 316. The maximum absolute atomic E-state index is 10.8. The number of nitrogens with one attached hydrogen (secondary N) is 1. The van der Waals surface area contributed by atoms with Crippen molar-refractivity contribution in [3.63, 3.8) is 0 Å². The van der Waals surface area contributed by atoms with Gasteiger partial charge >= 0.3 is 0 Å². The fraction of sp³-hybridized carbons (Fsp3) is 0. The van der Waals surface area contributed by atoms with E-state index < -0.39 is 5.24 Å². The lowest BCUT2D eigenvalue weighted by Crippen LogP contribution is -1.97. The molecule has 0 bridgehead atoms. The molecule has 0 radical (unpaired) electrons. The Balaban J connectivity index is 3.07. The molecule has 0 atom stereocenters. The number of rotatable bonds is 3. The SMILES string of the molecule is O=[SH]Nc1ccccc1C(=O)Cl. The zero-order valence-electron chi connectivity index (χ0n) is 5.95. The molecule has 1 aromatic carbocycles. The van der Waals surface area contributed by atoms with Crippen LogP contribution in [0.2, 0.25) is 0 Å². The molecule has 0 aliphatic carbocycles. The molecule has 1 aromatic rings. The quantitative estimate of drug-likeness (QED) is 0.575. The zero-order valence-corrected chi connectivity index (χ0v) is 7.60. The topological polar surface area (TPSA) is 46.2 Å². The van der Waals surface area contributed by atoms with Gasteiger partial charge in [-0.1, -0.05) is 12.1 Å². The molecule has 0 saturated heterocycles. The molecule has 0 spiro atoms. The number of hydrogen-bond donors (Lipinski definition) is 2. The van der Waals surface area contributed by atoms with E-state index >= 15 is 0 Å². The molecule has 0 amide bonds. The molecule has 0 aliphatic rings. The van der Waals surface area contributed by atoms with Crippen LogP contribution in [-0.2, 0) is 11.9 Å². The molecule has 1 N–H and O–H groups in total. The first-order valence-corrected chi connectivity index (χ1v) is 4.32. The van der Waals surface area contributed by atoms with Crippen LogP contribution >= 0.6 is 11.6 Å². The van der Waals surface area contributed by atoms with Crippen molar-refractivity contribution in [2.24, 2.45) is 0 Å². The van der Waals surface area contributed by atoms with Crippen molar-refractivity contribution in [2.45, 2.75) is 0 Å². The highest BCUT2D eigenvalue weighted by molar-refractivity contribution is 7.67. The predicted molar refractivity (Wildman–Crippen MR) is 49.8 cm³/mol. The van der Waals surface area contributed by atoms with Crippen LogP contribution in [0.5, 0.6) is 0 Å². The normalized spacial score (nSPS) is 9.42.